The molecule has 1 aromatic rings. The normalized spacial score (nSPS) is 9.77. The molecule has 0 N–H and O–H groups in total. The number of hydrogen-bond acceptors (Lipinski definition) is 3. The quantitative estimate of drug-likeness (QED) is 0.546. The molecule has 0 saturated carbocycles. The predicted molar refractivity (Wildman–Crippen MR) is 49.4 cm³/mol. The maximum atomic E-state index is 10.5. The zero-order chi connectivity index (χ0) is 10.0. The van der Waals surface area contributed by atoms with Crippen LogP contribution in [0, 0.1) is 17.0 Å². The first-order chi connectivity index (χ1) is 6.06. The number of rotatable bonds is 2. The van der Waals surface area contributed by atoms with Gasteiger partial charge in [0, 0.05) is 0 Å². The summed E-state index contributed by atoms with van der Waals surface area (Å²) in [5.74, 6) is 0.439. The van der Waals surface area contributed by atoms with Crippen LogP contribution < -0.4 is 4.74 Å². The molecule has 70 valence electrons. The first-order valence-electron chi connectivity index (χ1n) is 3.54. The van der Waals surface area contributed by atoms with Crippen LogP contribution in [0.3, 0.4) is 0 Å². The van der Waals surface area contributed by atoms with E-state index in [1.165, 1.54) is 13.2 Å². The molecular weight excluding hydrogens is 194 g/mol. The van der Waals surface area contributed by atoms with Crippen LogP contribution in [0.1, 0.15) is 5.56 Å². The summed E-state index contributed by atoms with van der Waals surface area (Å²) in [6, 6.07) is 2.95. The van der Waals surface area contributed by atoms with Crippen LogP contribution in [0.2, 0.25) is 5.02 Å². The zero-order valence-electron chi connectivity index (χ0n) is 7.20. The maximum absolute atomic E-state index is 10.5. The Morgan fingerprint density at radius 2 is 2.15 bits per heavy atom. The lowest BCUT2D eigenvalue weighted by atomic mass is 10.2. The largest absolute Gasteiger partial charge is 0.496 e. The smallest absolute Gasteiger partial charge is 0.291 e. The molecule has 0 heterocycles. The van der Waals surface area contributed by atoms with E-state index in [0.717, 1.165) is 0 Å². The third-order valence-electron chi connectivity index (χ3n) is 1.64. The van der Waals surface area contributed by atoms with E-state index in [1.807, 2.05) is 0 Å². The number of ether oxygens (including phenoxy) is 1. The lowest BCUT2D eigenvalue weighted by Gasteiger charge is -2.03. The molecule has 0 saturated heterocycles. The Kier molecular flexibility index (Phi) is 2.72. The van der Waals surface area contributed by atoms with Crippen molar-refractivity contribution in [1.29, 1.82) is 0 Å². The van der Waals surface area contributed by atoms with Crippen LogP contribution in [0.25, 0.3) is 0 Å². The number of hydrogen-bond donors (Lipinski definition) is 0. The summed E-state index contributed by atoms with van der Waals surface area (Å²) in [5, 5.41) is 10.7. The van der Waals surface area contributed by atoms with Gasteiger partial charge in [0.1, 0.15) is 10.8 Å². The third-order valence-corrected chi connectivity index (χ3v) is 2.13. The molecule has 0 spiro atoms. The number of aryl methyl sites for hydroxylation is 1. The van der Waals surface area contributed by atoms with Crippen molar-refractivity contribution in [3.8, 4) is 5.75 Å². The summed E-state index contributed by atoms with van der Waals surface area (Å²) in [6.07, 6.45) is 0. The summed E-state index contributed by atoms with van der Waals surface area (Å²) in [6.45, 7) is 1.69. The Morgan fingerprint density at radius 3 is 2.62 bits per heavy atom. The van der Waals surface area contributed by atoms with Gasteiger partial charge in [0.2, 0.25) is 0 Å². The molecule has 0 aliphatic carbocycles. The molecular formula is C8H8ClNO3. The molecule has 0 aromatic heterocycles. The average molecular weight is 202 g/mol. The second-order valence-electron chi connectivity index (χ2n) is 2.53. The van der Waals surface area contributed by atoms with E-state index in [2.05, 4.69) is 0 Å². The Hall–Kier alpha value is -1.29. The van der Waals surface area contributed by atoms with E-state index < -0.39 is 4.92 Å². The SMILES string of the molecule is COc1cc(C)c(Cl)c([N+](=O)[O-])c1. The van der Waals surface area contributed by atoms with Gasteiger partial charge in [-0.15, -0.1) is 0 Å². The summed E-state index contributed by atoms with van der Waals surface area (Å²) in [4.78, 5) is 9.98. The molecule has 5 heteroatoms. The topological polar surface area (TPSA) is 52.4 Å². The van der Waals surface area contributed by atoms with E-state index in [1.54, 1.807) is 13.0 Å². The number of halogens is 1. The number of benzene rings is 1. The third kappa shape index (κ3) is 1.89. The molecule has 0 bridgehead atoms. The number of nitro groups is 1. The molecule has 1 aromatic carbocycles. The Bertz CT molecular complexity index is 351. The van der Waals surface area contributed by atoms with Crippen LogP contribution in [0.5, 0.6) is 5.75 Å². The highest BCUT2D eigenvalue weighted by atomic mass is 35.5. The number of nitrogens with zero attached hydrogens (tertiary/aromatic N) is 1. The molecule has 0 unspecified atom stereocenters. The van der Waals surface area contributed by atoms with Crippen molar-refractivity contribution in [3.05, 3.63) is 32.8 Å². The second kappa shape index (κ2) is 3.62. The minimum Gasteiger partial charge on any atom is -0.496 e. The van der Waals surface area contributed by atoms with Gasteiger partial charge in [-0.1, -0.05) is 11.6 Å². The zero-order valence-corrected chi connectivity index (χ0v) is 7.96. The van der Waals surface area contributed by atoms with Gasteiger partial charge in [-0.25, -0.2) is 0 Å². The molecule has 0 aliphatic heterocycles. The van der Waals surface area contributed by atoms with Crippen molar-refractivity contribution < 1.29 is 9.66 Å². The van der Waals surface area contributed by atoms with Crippen LogP contribution in [-0.4, -0.2) is 12.0 Å². The molecule has 0 aliphatic rings. The summed E-state index contributed by atoms with van der Waals surface area (Å²) >= 11 is 5.72. The first-order valence-corrected chi connectivity index (χ1v) is 3.92. The second-order valence-corrected chi connectivity index (χ2v) is 2.91. The minimum atomic E-state index is -0.530. The van der Waals surface area contributed by atoms with Crippen molar-refractivity contribution in [3.63, 3.8) is 0 Å². The Labute approximate surface area is 80.2 Å². The molecule has 4 nitrogen and oxygen atoms in total. The fraction of sp³-hybridized carbons (Fsp3) is 0.250. The van der Waals surface area contributed by atoms with Gasteiger partial charge in [-0.2, -0.15) is 0 Å². The highest BCUT2D eigenvalue weighted by molar-refractivity contribution is 6.33. The van der Waals surface area contributed by atoms with Gasteiger partial charge in [-0.05, 0) is 18.6 Å². The minimum absolute atomic E-state index is 0.126. The van der Waals surface area contributed by atoms with Crippen LogP contribution in [-0.2, 0) is 0 Å². The monoisotopic (exact) mass is 201 g/mol. The van der Waals surface area contributed by atoms with Gasteiger partial charge in [0.15, 0.2) is 0 Å². The lowest BCUT2D eigenvalue weighted by molar-refractivity contribution is -0.384. The van der Waals surface area contributed by atoms with Crippen molar-refractivity contribution in [1.82, 2.24) is 0 Å². The van der Waals surface area contributed by atoms with E-state index in [0.29, 0.717) is 11.3 Å². The van der Waals surface area contributed by atoms with Crippen molar-refractivity contribution >= 4 is 17.3 Å². The van der Waals surface area contributed by atoms with Crippen LogP contribution in [0.4, 0.5) is 5.69 Å². The van der Waals surface area contributed by atoms with Crippen LogP contribution in [0.15, 0.2) is 12.1 Å². The highest BCUT2D eigenvalue weighted by Gasteiger charge is 2.15. The van der Waals surface area contributed by atoms with E-state index in [9.17, 15) is 10.1 Å². The van der Waals surface area contributed by atoms with E-state index in [4.69, 9.17) is 16.3 Å². The van der Waals surface area contributed by atoms with E-state index in [-0.39, 0.29) is 10.7 Å². The van der Waals surface area contributed by atoms with E-state index >= 15 is 0 Å². The first kappa shape index (κ1) is 9.80. The van der Waals surface area contributed by atoms with Crippen molar-refractivity contribution in [2.75, 3.05) is 7.11 Å². The van der Waals surface area contributed by atoms with Gasteiger partial charge in [0.25, 0.3) is 5.69 Å². The van der Waals surface area contributed by atoms with Crippen molar-refractivity contribution in [2.45, 2.75) is 6.92 Å². The fourth-order valence-corrected chi connectivity index (χ4v) is 1.15. The van der Waals surface area contributed by atoms with Crippen LogP contribution >= 0.6 is 11.6 Å². The number of methoxy groups -OCH3 is 1. The number of nitro benzene ring substituents is 1. The predicted octanol–water partition coefficient (Wildman–Crippen LogP) is 2.57. The lowest BCUT2D eigenvalue weighted by Crippen LogP contribution is -1.93. The van der Waals surface area contributed by atoms with Gasteiger partial charge in [-0.3, -0.25) is 10.1 Å². The summed E-state index contributed by atoms with van der Waals surface area (Å²) < 4.78 is 4.88. The summed E-state index contributed by atoms with van der Waals surface area (Å²) in [7, 11) is 1.45. The molecule has 13 heavy (non-hydrogen) atoms. The maximum Gasteiger partial charge on any atom is 0.291 e. The molecule has 0 amide bonds. The molecule has 1 rings (SSSR count). The highest BCUT2D eigenvalue weighted by Crippen LogP contribution is 2.31. The van der Waals surface area contributed by atoms with Gasteiger partial charge < -0.3 is 4.74 Å². The summed E-state index contributed by atoms with van der Waals surface area (Å²) in [5.41, 5.74) is 0.506. The Balaban J connectivity index is 3.33. The average Bonchev–Trinajstić information content (AvgIpc) is 2.09. The molecule has 0 fully saturated rings. The Morgan fingerprint density at radius 1 is 1.54 bits per heavy atom. The standard InChI is InChI=1S/C8H8ClNO3/c1-5-3-6(13-2)4-7(8(5)9)10(11)12/h3-4H,1-2H3. The fourth-order valence-electron chi connectivity index (χ4n) is 0.969. The van der Waals surface area contributed by atoms with Crippen molar-refractivity contribution in [2.24, 2.45) is 0 Å². The van der Waals surface area contributed by atoms with Gasteiger partial charge in [0.05, 0.1) is 18.1 Å². The van der Waals surface area contributed by atoms with Gasteiger partial charge >= 0.3 is 0 Å². The molecule has 0 radical (unpaired) electrons. The molecule has 0 atom stereocenters.